The van der Waals surface area contributed by atoms with E-state index in [0.717, 1.165) is 44.4 Å². The smallest absolute Gasteiger partial charge is 0.135 e. The zero-order chi connectivity index (χ0) is 29.3. The summed E-state index contributed by atoms with van der Waals surface area (Å²) < 4.78 is 19.6. The second kappa shape index (κ2) is 11.0. The maximum atomic E-state index is 14.3. The number of ether oxygens (including phenoxy) is 1. The van der Waals surface area contributed by atoms with Crippen LogP contribution in [0.25, 0.3) is 55.7 Å². The van der Waals surface area contributed by atoms with Crippen molar-refractivity contribution in [2.75, 3.05) is 12.4 Å². The number of aliphatic hydroxyl groups excluding tert-OH is 1. The lowest BCUT2D eigenvalue weighted by Gasteiger charge is -2.14. The van der Waals surface area contributed by atoms with E-state index in [1.807, 2.05) is 78.9 Å². The zero-order valence-electron chi connectivity index (χ0n) is 23.2. The fourth-order valence-corrected chi connectivity index (χ4v) is 5.36. The van der Waals surface area contributed by atoms with Crippen LogP contribution in [0.5, 0.6) is 5.75 Å². The minimum absolute atomic E-state index is 0.364. The van der Waals surface area contributed by atoms with Gasteiger partial charge in [0.05, 0.1) is 35.9 Å². The van der Waals surface area contributed by atoms with Crippen molar-refractivity contribution in [2.24, 2.45) is 0 Å². The Morgan fingerprint density at radius 1 is 0.907 bits per heavy atom. The standard InChI is InChI=1S/C34H27FN6O2/c1-43-25-15-21(13-23(35)16-25)26-8-5-9-29-27(26)17-31(38-29)34-33-30(40-41-34)11-10-28(39-33)22-14-24(19-36-18-22)37-32(42)12-20-6-3-2-4-7-20/h2-11,13-19,32,37-38,42H,12H2,1H3,(H,40,41). The number of anilines is 1. The lowest BCUT2D eigenvalue weighted by atomic mass is 10.0. The number of aromatic nitrogens is 5. The van der Waals surface area contributed by atoms with Crippen LogP contribution in [0.3, 0.4) is 0 Å². The van der Waals surface area contributed by atoms with Crippen molar-refractivity contribution in [3.63, 3.8) is 0 Å². The lowest BCUT2D eigenvalue weighted by molar-refractivity contribution is 0.204. The molecule has 7 rings (SSSR count). The summed E-state index contributed by atoms with van der Waals surface area (Å²) in [5.41, 5.74) is 8.63. The summed E-state index contributed by atoms with van der Waals surface area (Å²) in [5, 5.41) is 22.3. The second-order valence-corrected chi connectivity index (χ2v) is 10.3. The van der Waals surface area contributed by atoms with Crippen molar-refractivity contribution in [1.82, 2.24) is 25.1 Å². The molecule has 9 heteroatoms. The highest BCUT2D eigenvalue weighted by Crippen LogP contribution is 2.35. The quantitative estimate of drug-likeness (QED) is 0.147. The Morgan fingerprint density at radius 3 is 2.65 bits per heavy atom. The molecule has 0 saturated heterocycles. The average molecular weight is 571 g/mol. The molecule has 7 aromatic rings. The number of aromatic amines is 2. The Morgan fingerprint density at radius 2 is 1.79 bits per heavy atom. The summed E-state index contributed by atoms with van der Waals surface area (Å²) >= 11 is 0. The van der Waals surface area contributed by atoms with Gasteiger partial charge in [0.25, 0.3) is 0 Å². The number of fused-ring (bicyclic) bond motifs is 2. The van der Waals surface area contributed by atoms with Crippen LogP contribution in [0, 0.1) is 5.82 Å². The number of nitrogens with one attached hydrogen (secondary N) is 3. The van der Waals surface area contributed by atoms with Crippen molar-refractivity contribution in [2.45, 2.75) is 12.6 Å². The van der Waals surface area contributed by atoms with E-state index in [2.05, 4.69) is 25.5 Å². The van der Waals surface area contributed by atoms with Gasteiger partial charge < -0.3 is 20.1 Å². The molecule has 4 N–H and O–H groups in total. The fourth-order valence-electron chi connectivity index (χ4n) is 5.36. The van der Waals surface area contributed by atoms with Gasteiger partial charge in [-0.05, 0) is 59.2 Å². The number of benzene rings is 3. The third kappa shape index (κ3) is 5.29. The summed E-state index contributed by atoms with van der Waals surface area (Å²) in [7, 11) is 1.52. The first kappa shape index (κ1) is 26.4. The number of H-pyrrole nitrogens is 2. The Labute approximate surface area is 246 Å². The first-order valence-corrected chi connectivity index (χ1v) is 13.8. The number of hydrogen-bond acceptors (Lipinski definition) is 6. The van der Waals surface area contributed by atoms with Gasteiger partial charge in [0, 0.05) is 35.2 Å². The molecule has 212 valence electrons. The molecular weight excluding hydrogens is 543 g/mol. The van der Waals surface area contributed by atoms with Gasteiger partial charge in [0.1, 0.15) is 29.0 Å². The van der Waals surface area contributed by atoms with Crippen LogP contribution in [0.4, 0.5) is 10.1 Å². The van der Waals surface area contributed by atoms with Crippen LogP contribution in [-0.2, 0) is 6.42 Å². The van der Waals surface area contributed by atoms with E-state index in [1.54, 1.807) is 12.4 Å². The van der Waals surface area contributed by atoms with Crippen LogP contribution in [0.15, 0.2) is 103 Å². The van der Waals surface area contributed by atoms with E-state index in [-0.39, 0.29) is 5.82 Å². The molecule has 1 unspecified atom stereocenters. The molecular formula is C34H27FN6O2. The first-order valence-electron chi connectivity index (χ1n) is 13.8. The first-order chi connectivity index (χ1) is 21.0. The number of hydrogen-bond donors (Lipinski definition) is 4. The molecule has 0 aliphatic rings. The third-order valence-corrected chi connectivity index (χ3v) is 7.38. The number of methoxy groups -OCH3 is 1. The summed E-state index contributed by atoms with van der Waals surface area (Å²) in [5.74, 6) is 0.0915. The Bertz CT molecular complexity index is 2070. The van der Waals surface area contributed by atoms with Crippen LogP contribution >= 0.6 is 0 Å². The summed E-state index contributed by atoms with van der Waals surface area (Å²) in [6, 6.07) is 28.1. The van der Waals surface area contributed by atoms with Gasteiger partial charge in [-0.2, -0.15) is 5.10 Å². The monoisotopic (exact) mass is 570 g/mol. The molecule has 3 aromatic carbocycles. The van der Waals surface area contributed by atoms with Crippen molar-refractivity contribution in [3.05, 3.63) is 115 Å². The molecule has 0 fully saturated rings. The molecule has 0 spiro atoms. The predicted octanol–water partition coefficient (Wildman–Crippen LogP) is 6.96. The van der Waals surface area contributed by atoms with E-state index >= 15 is 0 Å². The fraction of sp³-hybridized carbons (Fsp3) is 0.0882. The van der Waals surface area contributed by atoms with Gasteiger partial charge in [-0.3, -0.25) is 10.1 Å². The van der Waals surface area contributed by atoms with Gasteiger partial charge in [-0.15, -0.1) is 0 Å². The number of aliphatic hydroxyl groups is 1. The molecule has 1 atom stereocenters. The molecule has 4 heterocycles. The van der Waals surface area contributed by atoms with Crippen molar-refractivity contribution in [3.8, 4) is 39.5 Å². The summed E-state index contributed by atoms with van der Waals surface area (Å²) in [4.78, 5) is 12.8. The highest BCUT2D eigenvalue weighted by Gasteiger charge is 2.16. The van der Waals surface area contributed by atoms with Gasteiger partial charge in [-0.1, -0.05) is 42.5 Å². The molecule has 0 aliphatic heterocycles. The number of nitrogens with zero attached hydrogens (tertiary/aromatic N) is 3. The normalized spacial score (nSPS) is 12.1. The van der Waals surface area contributed by atoms with Crippen LogP contribution < -0.4 is 10.1 Å². The van der Waals surface area contributed by atoms with Crippen LogP contribution in [0.2, 0.25) is 0 Å². The molecule has 0 radical (unpaired) electrons. The molecule has 43 heavy (non-hydrogen) atoms. The van der Waals surface area contributed by atoms with Crippen molar-refractivity contribution >= 4 is 27.6 Å². The molecule has 0 amide bonds. The van der Waals surface area contributed by atoms with E-state index in [4.69, 9.17) is 9.72 Å². The van der Waals surface area contributed by atoms with Gasteiger partial charge in [0.2, 0.25) is 0 Å². The Hall–Kier alpha value is -5.54. The topological polar surface area (TPSA) is 112 Å². The Balaban J connectivity index is 1.21. The third-order valence-electron chi connectivity index (χ3n) is 7.38. The molecule has 0 bridgehead atoms. The number of rotatable bonds is 8. The van der Waals surface area contributed by atoms with Gasteiger partial charge in [-0.25, -0.2) is 9.37 Å². The van der Waals surface area contributed by atoms with E-state index in [9.17, 15) is 9.50 Å². The molecule has 8 nitrogen and oxygen atoms in total. The highest BCUT2D eigenvalue weighted by molar-refractivity contribution is 6.00. The largest absolute Gasteiger partial charge is 0.497 e. The summed E-state index contributed by atoms with van der Waals surface area (Å²) in [6.45, 7) is 0. The van der Waals surface area contributed by atoms with Crippen LogP contribution in [-0.4, -0.2) is 43.6 Å². The maximum Gasteiger partial charge on any atom is 0.135 e. The predicted molar refractivity (Wildman–Crippen MR) is 166 cm³/mol. The minimum atomic E-state index is -0.768. The maximum absolute atomic E-state index is 14.3. The lowest BCUT2D eigenvalue weighted by Crippen LogP contribution is -2.21. The van der Waals surface area contributed by atoms with E-state index in [1.165, 1.54) is 19.2 Å². The van der Waals surface area contributed by atoms with Crippen molar-refractivity contribution < 1.29 is 14.2 Å². The second-order valence-electron chi connectivity index (χ2n) is 10.3. The average Bonchev–Trinajstić information content (AvgIpc) is 3.65. The zero-order valence-corrected chi connectivity index (χ0v) is 23.2. The van der Waals surface area contributed by atoms with Crippen LogP contribution in [0.1, 0.15) is 5.56 Å². The van der Waals surface area contributed by atoms with Gasteiger partial charge >= 0.3 is 0 Å². The van der Waals surface area contributed by atoms with E-state index in [0.29, 0.717) is 34.8 Å². The number of halogens is 1. The molecule has 4 aromatic heterocycles. The van der Waals surface area contributed by atoms with Crippen molar-refractivity contribution in [1.29, 1.82) is 0 Å². The Kier molecular flexibility index (Phi) is 6.76. The SMILES string of the molecule is COc1cc(F)cc(-c2cccc3[nH]c(-c4n[nH]c5ccc(-c6cncc(NC(O)Cc7ccccc7)c6)nc45)cc23)c1. The number of pyridine rings is 2. The highest BCUT2D eigenvalue weighted by atomic mass is 19.1. The minimum Gasteiger partial charge on any atom is -0.497 e. The summed E-state index contributed by atoms with van der Waals surface area (Å²) in [6.07, 6.45) is 3.11. The van der Waals surface area contributed by atoms with E-state index < -0.39 is 6.23 Å². The molecule has 0 saturated carbocycles. The van der Waals surface area contributed by atoms with Gasteiger partial charge in [0.15, 0.2) is 0 Å². The molecule has 0 aliphatic carbocycles.